The van der Waals surface area contributed by atoms with E-state index in [0.29, 0.717) is 6.04 Å². The van der Waals surface area contributed by atoms with Crippen LogP contribution in [-0.4, -0.2) is 49.2 Å². The SMILES string of the molecule is CCCCCN1CC(CN)N(C)C1. The first kappa shape index (κ1) is 11.0. The van der Waals surface area contributed by atoms with Gasteiger partial charge >= 0.3 is 0 Å². The van der Waals surface area contributed by atoms with Gasteiger partial charge < -0.3 is 5.73 Å². The monoisotopic (exact) mass is 185 g/mol. The Balaban J connectivity index is 2.16. The van der Waals surface area contributed by atoms with Crippen molar-refractivity contribution in [3.8, 4) is 0 Å². The van der Waals surface area contributed by atoms with E-state index in [2.05, 4.69) is 23.8 Å². The minimum Gasteiger partial charge on any atom is -0.329 e. The van der Waals surface area contributed by atoms with Crippen molar-refractivity contribution in [2.75, 3.05) is 33.4 Å². The first-order valence-electron chi connectivity index (χ1n) is 5.40. The van der Waals surface area contributed by atoms with Gasteiger partial charge in [-0.1, -0.05) is 19.8 Å². The van der Waals surface area contributed by atoms with E-state index in [9.17, 15) is 0 Å². The van der Waals surface area contributed by atoms with Gasteiger partial charge in [-0.3, -0.25) is 9.80 Å². The molecule has 2 N–H and O–H groups in total. The van der Waals surface area contributed by atoms with Crippen LogP contribution in [0.2, 0.25) is 0 Å². The lowest BCUT2D eigenvalue weighted by Crippen LogP contribution is -2.33. The number of rotatable bonds is 5. The minimum absolute atomic E-state index is 0.585. The fourth-order valence-electron chi connectivity index (χ4n) is 1.93. The van der Waals surface area contributed by atoms with Crippen molar-refractivity contribution in [2.45, 2.75) is 32.2 Å². The molecule has 1 saturated heterocycles. The molecule has 1 aliphatic rings. The maximum Gasteiger partial charge on any atom is 0.0507 e. The lowest BCUT2D eigenvalue weighted by Gasteiger charge is -2.14. The van der Waals surface area contributed by atoms with Gasteiger partial charge in [0, 0.05) is 19.1 Å². The van der Waals surface area contributed by atoms with Crippen molar-refractivity contribution in [1.29, 1.82) is 0 Å². The Bertz CT molecular complexity index is 138. The largest absolute Gasteiger partial charge is 0.329 e. The summed E-state index contributed by atoms with van der Waals surface area (Å²) in [7, 11) is 2.16. The topological polar surface area (TPSA) is 32.5 Å². The second-order valence-electron chi connectivity index (χ2n) is 4.07. The number of nitrogens with zero attached hydrogens (tertiary/aromatic N) is 2. The van der Waals surface area contributed by atoms with Crippen LogP contribution in [0.4, 0.5) is 0 Å². The van der Waals surface area contributed by atoms with Crippen LogP contribution in [0.1, 0.15) is 26.2 Å². The highest BCUT2D eigenvalue weighted by Crippen LogP contribution is 2.10. The van der Waals surface area contributed by atoms with Gasteiger partial charge in [-0.05, 0) is 20.0 Å². The van der Waals surface area contributed by atoms with Crippen LogP contribution >= 0.6 is 0 Å². The van der Waals surface area contributed by atoms with Crippen molar-refractivity contribution >= 4 is 0 Å². The molecule has 1 unspecified atom stereocenters. The normalized spacial score (nSPS) is 25.6. The third-order valence-corrected chi connectivity index (χ3v) is 2.87. The molecule has 0 aromatic rings. The van der Waals surface area contributed by atoms with E-state index in [4.69, 9.17) is 5.73 Å². The molecule has 0 aromatic heterocycles. The molecule has 78 valence electrons. The summed E-state index contributed by atoms with van der Waals surface area (Å²) in [6.45, 7) is 6.55. The zero-order valence-electron chi connectivity index (χ0n) is 9.00. The summed E-state index contributed by atoms with van der Waals surface area (Å²) in [4.78, 5) is 4.86. The summed E-state index contributed by atoms with van der Waals surface area (Å²) in [6.07, 6.45) is 4.00. The summed E-state index contributed by atoms with van der Waals surface area (Å²) in [5.41, 5.74) is 5.67. The second-order valence-corrected chi connectivity index (χ2v) is 4.07. The predicted octanol–water partition coefficient (Wildman–Crippen LogP) is 0.709. The Morgan fingerprint density at radius 1 is 1.38 bits per heavy atom. The number of hydrogen-bond acceptors (Lipinski definition) is 3. The van der Waals surface area contributed by atoms with Crippen LogP contribution < -0.4 is 5.73 Å². The molecule has 1 aliphatic heterocycles. The van der Waals surface area contributed by atoms with E-state index >= 15 is 0 Å². The second kappa shape index (κ2) is 5.58. The van der Waals surface area contributed by atoms with Crippen molar-refractivity contribution in [1.82, 2.24) is 9.80 Å². The van der Waals surface area contributed by atoms with Crippen LogP contribution in [0.15, 0.2) is 0 Å². The highest BCUT2D eigenvalue weighted by Gasteiger charge is 2.25. The van der Waals surface area contributed by atoms with Crippen molar-refractivity contribution in [2.24, 2.45) is 5.73 Å². The third kappa shape index (κ3) is 3.25. The third-order valence-electron chi connectivity index (χ3n) is 2.87. The summed E-state index contributed by atoms with van der Waals surface area (Å²) >= 11 is 0. The first-order chi connectivity index (χ1) is 6.27. The van der Waals surface area contributed by atoms with E-state index in [0.717, 1.165) is 19.8 Å². The number of nitrogens with two attached hydrogens (primary N) is 1. The van der Waals surface area contributed by atoms with Crippen molar-refractivity contribution in [3.63, 3.8) is 0 Å². The average Bonchev–Trinajstić information content (AvgIpc) is 2.47. The molecule has 0 amide bonds. The Morgan fingerprint density at radius 3 is 2.69 bits per heavy atom. The Kier molecular flexibility index (Phi) is 4.70. The van der Waals surface area contributed by atoms with E-state index in [1.54, 1.807) is 0 Å². The number of hydrogen-bond donors (Lipinski definition) is 1. The first-order valence-corrected chi connectivity index (χ1v) is 5.40. The predicted molar refractivity (Wildman–Crippen MR) is 56.6 cm³/mol. The molecule has 13 heavy (non-hydrogen) atoms. The molecule has 1 atom stereocenters. The maximum absolute atomic E-state index is 5.67. The van der Waals surface area contributed by atoms with Gasteiger partial charge in [-0.25, -0.2) is 0 Å². The highest BCUT2D eigenvalue weighted by atomic mass is 15.4. The number of unbranched alkanes of at least 4 members (excludes halogenated alkanes) is 2. The highest BCUT2D eigenvalue weighted by molar-refractivity contribution is 4.80. The van der Waals surface area contributed by atoms with E-state index < -0.39 is 0 Å². The zero-order chi connectivity index (χ0) is 9.68. The van der Waals surface area contributed by atoms with Crippen molar-refractivity contribution < 1.29 is 0 Å². The summed E-state index contributed by atoms with van der Waals surface area (Å²) < 4.78 is 0. The van der Waals surface area contributed by atoms with Crippen LogP contribution in [-0.2, 0) is 0 Å². The van der Waals surface area contributed by atoms with Crippen LogP contribution in [0.3, 0.4) is 0 Å². The smallest absolute Gasteiger partial charge is 0.0507 e. The van der Waals surface area contributed by atoms with E-state index in [-0.39, 0.29) is 0 Å². The quantitative estimate of drug-likeness (QED) is 0.640. The van der Waals surface area contributed by atoms with Gasteiger partial charge in [0.15, 0.2) is 0 Å². The average molecular weight is 185 g/mol. The van der Waals surface area contributed by atoms with Gasteiger partial charge in [0.2, 0.25) is 0 Å². The standard InChI is InChI=1S/C10H23N3/c1-3-4-5-6-13-8-10(7-11)12(2)9-13/h10H,3-9,11H2,1-2H3. The minimum atomic E-state index is 0.585. The Morgan fingerprint density at radius 2 is 2.15 bits per heavy atom. The van der Waals surface area contributed by atoms with Gasteiger partial charge in [0.05, 0.1) is 6.67 Å². The lowest BCUT2D eigenvalue weighted by atomic mass is 10.2. The van der Waals surface area contributed by atoms with Gasteiger partial charge in [-0.15, -0.1) is 0 Å². The molecule has 0 bridgehead atoms. The lowest BCUT2D eigenvalue weighted by molar-refractivity contribution is 0.259. The van der Waals surface area contributed by atoms with E-state index in [1.807, 2.05) is 0 Å². The van der Waals surface area contributed by atoms with Crippen molar-refractivity contribution in [3.05, 3.63) is 0 Å². The van der Waals surface area contributed by atoms with Gasteiger partial charge in [0.25, 0.3) is 0 Å². The molecule has 3 heteroatoms. The van der Waals surface area contributed by atoms with Crippen LogP contribution in [0.5, 0.6) is 0 Å². The number of likely N-dealkylation sites (N-methyl/N-ethyl adjacent to an activating group) is 1. The fourth-order valence-corrected chi connectivity index (χ4v) is 1.93. The zero-order valence-corrected chi connectivity index (χ0v) is 9.00. The molecule has 0 radical (unpaired) electrons. The van der Waals surface area contributed by atoms with E-state index in [1.165, 1.54) is 25.8 Å². The molecule has 3 nitrogen and oxygen atoms in total. The molecule has 1 heterocycles. The molecule has 1 fully saturated rings. The van der Waals surface area contributed by atoms with Crippen LogP contribution in [0.25, 0.3) is 0 Å². The molecular weight excluding hydrogens is 162 g/mol. The molecule has 0 aromatic carbocycles. The molecule has 0 aliphatic carbocycles. The fraction of sp³-hybridized carbons (Fsp3) is 1.00. The van der Waals surface area contributed by atoms with Gasteiger partial charge in [0.1, 0.15) is 0 Å². The molecule has 0 saturated carbocycles. The summed E-state index contributed by atoms with van der Waals surface area (Å²) in [5.74, 6) is 0. The Labute approximate surface area is 81.9 Å². The molecule has 1 rings (SSSR count). The van der Waals surface area contributed by atoms with Crippen LogP contribution in [0, 0.1) is 0 Å². The molecule has 0 spiro atoms. The Hall–Kier alpha value is -0.120. The summed E-state index contributed by atoms with van der Waals surface area (Å²) in [6, 6.07) is 0.585. The molecular formula is C10H23N3. The maximum atomic E-state index is 5.67. The van der Waals surface area contributed by atoms with Gasteiger partial charge in [-0.2, -0.15) is 0 Å². The summed E-state index contributed by atoms with van der Waals surface area (Å²) in [5, 5.41) is 0.